The highest BCUT2D eigenvalue weighted by atomic mass is 127. The summed E-state index contributed by atoms with van der Waals surface area (Å²) in [5, 5.41) is 3.49. The molecule has 1 saturated heterocycles. The lowest BCUT2D eigenvalue weighted by atomic mass is 9.96. The maximum absolute atomic E-state index is 12.4. The van der Waals surface area contributed by atoms with Crippen molar-refractivity contribution < 1.29 is 14.3 Å². The van der Waals surface area contributed by atoms with Gasteiger partial charge >= 0.3 is 6.09 Å². The Bertz CT molecular complexity index is 776. The number of hydrogen-bond acceptors (Lipinski definition) is 6. The minimum absolute atomic E-state index is 0. The topological polar surface area (TPSA) is 66.4 Å². The Morgan fingerprint density at radius 1 is 1.23 bits per heavy atom. The van der Waals surface area contributed by atoms with E-state index in [9.17, 15) is 4.79 Å². The minimum atomic E-state index is -0.470. The minimum Gasteiger partial charge on any atom is -0.490 e. The van der Waals surface area contributed by atoms with Crippen LogP contribution >= 0.6 is 24.0 Å². The van der Waals surface area contributed by atoms with Crippen LogP contribution in [0, 0.1) is 0 Å². The van der Waals surface area contributed by atoms with E-state index in [-0.39, 0.29) is 36.1 Å². The number of carbonyl (C=O) groups is 1. The fourth-order valence-corrected chi connectivity index (χ4v) is 3.83. The summed E-state index contributed by atoms with van der Waals surface area (Å²) in [5.74, 6) is 1.88. The van der Waals surface area contributed by atoms with Crippen LogP contribution in [0.5, 0.6) is 5.75 Å². The van der Waals surface area contributed by atoms with Crippen molar-refractivity contribution in [1.29, 1.82) is 0 Å². The molecule has 1 atom stereocenters. The predicted molar refractivity (Wildman–Crippen MR) is 128 cm³/mol. The van der Waals surface area contributed by atoms with Crippen molar-refractivity contribution in [3.8, 4) is 5.75 Å². The molecule has 7 nitrogen and oxygen atoms in total. The number of guanidine groups is 1. The first-order chi connectivity index (χ1) is 13.9. The number of carbonyl (C=O) groups excluding carboxylic acids is 1. The fourth-order valence-electron chi connectivity index (χ4n) is 3.83. The zero-order valence-corrected chi connectivity index (χ0v) is 20.4. The van der Waals surface area contributed by atoms with Crippen molar-refractivity contribution in [2.75, 3.05) is 26.2 Å². The molecular weight excluding hydrogens is 495 g/mol. The molecule has 1 aromatic rings. The summed E-state index contributed by atoms with van der Waals surface area (Å²) >= 11 is 0. The van der Waals surface area contributed by atoms with E-state index < -0.39 is 5.60 Å². The number of ether oxygens (including phenoxy) is 2. The van der Waals surface area contributed by atoms with E-state index in [2.05, 4.69) is 16.3 Å². The second kappa shape index (κ2) is 9.62. The molecule has 1 aliphatic carbocycles. The van der Waals surface area contributed by atoms with Gasteiger partial charge in [-0.1, -0.05) is 18.2 Å². The summed E-state index contributed by atoms with van der Waals surface area (Å²) in [6.45, 7) is 9.12. The number of aliphatic imine (C=N–C) groups is 1. The van der Waals surface area contributed by atoms with E-state index in [1.807, 2.05) is 39.0 Å². The van der Waals surface area contributed by atoms with E-state index in [1.54, 1.807) is 4.90 Å². The smallest absolute Gasteiger partial charge is 0.410 e. The van der Waals surface area contributed by atoms with Crippen molar-refractivity contribution in [3.05, 3.63) is 29.8 Å². The number of benzene rings is 1. The van der Waals surface area contributed by atoms with E-state index in [0.29, 0.717) is 32.3 Å². The third-order valence-electron chi connectivity index (χ3n) is 5.61. The van der Waals surface area contributed by atoms with Crippen LogP contribution in [0.1, 0.15) is 45.6 Å². The molecule has 0 spiro atoms. The van der Waals surface area contributed by atoms with Crippen LogP contribution in [0.15, 0.2) is 29.3 Å². The van der Waals surface area contributed by atoms with Crippen LogP contribution in [0.3, 0.4) is 0 Å². The standard InChI is InChI=1S/C22H32N4O3.HI/c1-22(2,3)29-21(27)25-11-12-26-17(15-25)14-24-20(26)23-13-16-7-4-5-10-19(16)28-18-8-6-9-18;/h4-5,7,10,17-18H,6,8-9,11-15H2,1-3H3,(H,23,24);1H. The van der Waals surface area contributed by atoms with E-state index in [1.165, 1.54) is 6.42 Å². The number of rotatable bonds is 4. The predicted octanol–water partition coefficient (Wildman–Crippen LogP) is 3.62. The van der Waals surface area contributed by atoms with Crippen molar-refractivity contribution in [3.63, 3.8) is 0 Å². The molecule has 2 heterocycles. The van der Waals surface area contributed by atoms with Gasteiger partial charge in [0.15, 0.2) is 5.96 Å². The van der Waals surface area contributed by atoms with Gasteiger partial charge in [-0.25, -0.2) is 4.79 Å². The monoisotopic (exact) mass is 528 g/mol. The average molecular weight is 528 g/mol. The van der Waals surface area contributed by atoms with E-state index >= 15 is 0 Å². The number of hydrogen-bond donors (Lipinski definition) is 1. The Morgan fingerprint density at radius 3 is 2.70 bits per heavy atom. The van der Waals surface area contributed by atoms with Crippen molar-refractivity contribution >= 4 is 36.0 Å². The number of fused-ring (bicyclic) bond motifs is 1. The van der Waals surface area contributed by atoms with Gasteiger partial charge in [0, 0.05) is 31.7 Å². The van der Waals surface area contributed by atoms with Crippen molar-refractivity contribution in [1.82, 2.24) is 15.1 Å². The summed E-state index contributed by atoms with van der Waals surface area (Å²) in [7, 11) is 0. The number of nitrogens with zero attached hydrogens (tertiary/aromatic N) is 3. The molecule has 1 amide bonds. The molecule has 0 aromatic heterocycles. The molecule has 2 aliphatic heterocycles. The zero-order valence-electron chi connectivity index (χ0n) is 18.1. The number of nitrogens with one attached hydrogen (secondary N) is 1. The Kier molecular flexibility index (Phi) is 7.36. The molecule has 2 fully saturated rings. The molecule has 0 radical (unpaired) electrons. The highest BCUT2D eigenvalue weighted by Gasteiger charge is 2.36. The molecule has 1 aromatic carbocycles. The molecule has 1 N–H and O–H groups in total. The molecule has 3 aliphatic rings. The highest BCUT2D eigenvalue weighted by molar-refractivity contribution is 14.0. The van der Waals surface area contributed by atoms with Crippen molar-refractivity contribution in [2.45, 2.75) is 64.3 Å². The van der Waals surface area contributed by atoms with Gasteiger partial charge in [-0.05, 0) is 46.1 Å². The largest absolute Gasteiger partial charge is 0.490 e. The van der Waals surface area contributed by atoms with Crippen LogP contribution in [0.4, 0.5) is 4.79 Å². The molecule has 30 heavy (non-hydrogen) atoms. The Balaban J connectivity index is 0.00000256. The Morgan fingerprint density at radius 2 is 2.00 bits per heavy atom. The van der Waals surface area contributed by atoms with Gasteiger partial charge in [0.05, 0.1) is 18.7 Å². The first-order valence-corrected chi connectivity index (χ1v) is 10.7. The second-order valence-corrected chi connectivity index (χ2v) is 9.07. The van der Waals surface area contributed by atoms with Gasteiger partial charge in [-0.3, -0.25) is 4.99 Å². The van der Waals surface area contributed by atoms with Gasteiger partial charge < -0.3 is 24.6 Å². The van der Waals surface area contributed by atoms with Crippen molar-refractivity contribution in [2.24, 2.45) is 4.99 Å². The molecule has 166 valence electrons. The van der Waals surface area contributed by atoms with Gasteiger partial charge in [0.1, 0.15) is 11.4 Å². The number of halogens is 1. The second-order valence-electron chi connectivity index (χ2n) is 9.07. The summed E-state index contributed by atoms with van der Waals surface area (Å²) < 4.78 is 11.7. The maximum atomic E-state index is 12.4. The molecule has 1 saturated carbocycles. The van der Waals surface area contributed by atoms with Gasteiger partial charge in [-0.15, -0.1) is 24.0 Å². The number of amides is 1. The Labute approximate surface area is 196 Å². The zero-order chi connectivity index (χ0) is 20.4. The lowest BCUT2D eigenvalue weighted by molar-refractivity contribution is 0.0137. The van der Waals surface area contributed by atoms with Crippen LogP contribution in [0.25, 0.3) is 0 Å². The molecule has 4 rings (SSSR count). The number of para-hydroxylation sites is 1. The van der Waals surface area contributed by atoms with Crippen LogP contribution in [-0.2, 0) is 11.3 Å². The SMILES string of the molecule is CC(C)(C)OC(=O)N1CCN2C(NCc3ccccc3OC3CCC3)=NCC2C1.I. The lowest BCUT2D eigenvalue weighted by Crippen LogP contribution is -2.57. The van der Waals surface area contributed by atoms with Gasteiger partial charge in [0.25, 0.3) is 0 Å². The summed E-state index contributed by atoms with van der Waals surface area (Å²) in [5.41, 5.74) is 0.681. The first-order valence-electron chi connectivity index (χ1n) is 10.7. The molecule has 1 unspecified atom stereocenters. The fraction of sp³-hybridized carbons (Fsp3) is 0.636. The molecule has 0 bridgehead atoms. The van der Waals surface area contributed by atoms with Crippen LogP contribution in [0.2, 0.25) is 0 Å². The molecule has 8 heteroatoms. The summed E-state index contributed by atoms with van der Waals surface area (Å²) in [6, 6.07) is 8.43. The van der Waals surface area contributed by atoms with E-state index in [0.717, 1.165) is 36.7 Å². The van der Waals surface area contributed by atoms with Gasteiger partial charge in [0.2, 0.25) is 0 Å². The van der Waals surface area contributed by atoms with E-state index in [4.69, 9.17) is 14.5 Å². The maximum Gasteiger partial charge on any atom is 0.410 e. The molecular formula is C22H33IN4O3. The average Bonchev–Trinajstić information content (AvgIpc) is 3.04. The lowest BCUT2D eigenvalue weighted by Gasteiger charge is -2.39. The van der Waals surface area contributed by atoms with Crippen LogP contribution in [-0.4, -0.2) is 65.8 Å². The first kappa shape index (κ1) is 23.0. The normalized spacial score (nSPS) is 21.2. The van der Waals surface area contributed by atoms with Crippen LogP contribution < -0.4 is 10.1 Å². The summed E-state index contributed by atoms with van der Waals surface area (Å²) in [6.07, 6.45) is 3.69. The number of piperazine rings is 1. The highest BCUT2D eigenvalue weighted by Crippen LogP contribution is 2.27. The quantitative estimate of drug-likeness (QED) is 0.605. The third kappa shape index (κ3) is 5.50. The Hall–Kier alpha value is -1.71. The third-order valence-corrected chi connectivity index (χ3v) is 5.61. The summed E-state index contributed by atoms with van der Waals surface area (Å²) in [4.78, 5) is 21.1. The van der Waals surface area contributed by atoms with Gasteiger partial charge in [-0.2, -0.15) is 0 Å².